The first-order chi connectivity index (χ1) is 14.1. The molecular weight excluding hydrogens is 390 g/mol. The maximum absolute atomic E-state index is 12.1. The Morgan fingerprint density at radius 2 is 1.79 bits per heavy atom. The van der Waals surface area contributed by atoms with Crippen molar-refractivity contribution in [3.05, 3.63) is 52.4 Å². The minimum atomic E-state index is -0.138. The minimum Gasteiger partial charge on any atom is -0.359 e. The first-order valence-corrected chi connectivity index (χ1v) is 10.5. The van der Waals surface area contributed by atoms with Gasteiger partial charge < -0.3 is 20.5 Å². The first-order valence-electron chi connectivity index (χ1n) is 10.1. The quantitative estimate of drug-likeness (QED) is 0.310. The Kier molecular flexibility index (Phi) is 9.50. The van der Waals surface area contributed by atoms with Crippen LogP contribution in [0.5, 0.6) is 0 Å². The molecule has 0 saturated heterocycles. The molecule has 0 bridgehead atoms. The number of nitrogens with zero attached hydrogens (tertiary/aromatic N) is 2. The molecule has 0 radical (unpaired) electrons. The summed E-state index contributed by atoms with van der Waals surface area (Å²) in [6.07, 6.45) is 2.08. The Balaban J connectivity index is 1.81. The zero-order chi connectivity index (χ0) is 21.1. The lowest BCUT2D eigenvalue weighted by Gasteiger charge is -2.11. The molecule has 0 spiro atoms. The second-order valence-corrected chi connectivity index (χ2v) is 7.05. The van der Waals surface area contributed by atoms with Crippen LogP contribution >= 0.6 is 11.6 Å². The van der Waals surface area contributed by atoms with Crippen LogP contribution in [0.3, 0.4) is 0 Å². The number of aliphatic imine (C=N–C) groups is 1. The van der Waals surface area contributed by atoms with Crippen molar-refractivity contribution in [2.24, 2.45) is 4.99 Å². The third-order valence-electron chi connectivity index (χ3n) is 4.53. The minimum absolute atomic E-state index is 0.138. The molecule has 7 nitrogen and oxygen atoms in total. The maximum atomic E-state index is 12.1. The summed E-state index contributed by atoms with van der Waals surface area (Å²) in [4.78, 5) is 16.6. The lowest BCUT2D eigenvalue weighted by Crippen LogP contribution is -2.41. The maximum Gasteiger partial charge on any atom is 0.251 e. The van der Waals surface area contributed by atoms with Crippen LogP contribution in [0.1, 0.15) is 61.3 Å². The average Bonchev–Trinajstić information content (AvgIpc) is 3.19. The highest BCUT2D eigenvalue weighted by Gasteiger charge is 2.12. The number of halogens is 1. The molecule has 29 heavy (non-hydrogen) atoms. The van der Waals surface area contributed by atoms with E-state index in [2.05, 4.69) is 39.9 Å². The molecule has 2 rings (SSSR count). The fourth-order valence-corrected chi connectivity index (χ4v) is 2.99. The van der Waals surface area contributed by atoms with E-state index in [-0.39, 0.29) is 5.91 Å². The van der Waals surface area contributed by atoms with Gasteiger partial charge in [0.25, 0.3) is 5.91 Å². The average molecular weight is 420 g/mol. The van der Waals surface area contributed by atoms with Gasteiger partial charge in [-0.05, 0) is 44.0 Å². The summed E-state index contributed by atoms with van der Waals surface area (Å²) in [5, 5.41) is 14.0. The molecule has 0 fully saturated rings. The van der Waals surface area contributed by atoms with Crippen molar-refractivity contribution in [1.82, 2.24) is 21.1 Å². The van der Waals surface area contributed by atoms with E-state index in [1.54, 1.807) is 24.3 Å². The van der Waals surface area contributed by atoms with Gasteiger partial charge in [0.1, 0.15) is 6.54 Å². The Labute approximate surface area is 177 Å². The van der Waals surface area contributed by atoms with Gasteiger partial charge in [0, 0.05) is 42.2 Å². The van der Waals surface area contributed by atoms with E-state index >= 15 is 0 Å². The summed E-state index contributed by atoms with van der Waals surface area (Å²) < 4.78 is 5.41. The van der Waals surface area contributed by atoms with Gasteiger partial charge in [0.15, 0.2) is 11.7 Å². The lowest BCUT2D eigenvalue weighted by molar-refractivity contribution is 0.0954. The van der Waals surface area contributed by atoms with E-state index in [4.69, 9.17) is 16.1 Å². The monoisotopic (exact) mass is 419 g/mol. The predicted octanol–water partition coefficient (Wildman–Crippen LogP) is 3.72. The number of hydrogen-bond acceptors (Lipinski definition) is 4. The fraction of sp³-hybridized carbons (Fsp3) is 0.476. The topological polar surface area (TPSA) is 91.6 Å². The van der Waals surface area contributed by atoms with Crippen LogP contribution in [-0.2, 0) is 6.54 Å². The second-order valence-electron chi connectivity index (χ2n) is 6.62. The number of benzene rings is 1. The van der Waals surface area contributed by atoms with Gasteiger partial charge in [-0.25, -0.2) is 4.99 Å². The second kappa shape index (κ2) is 12.1. The van der Waals surface area contributed by atoms with E-state index in [0.717, 1.165) is 30.8 Å². The van der Waals surface area contributed by atoms with Crippen molar-refractivity contribution in [1.29, 1.82) is 0 Å². The smallest absolute Gasteiger partial charge is 0.251 e. The van der Waals surface area contributed by atoms with Gasteiger partial charge in [-0.3, -0.25) is 4.79 Å². The largest absolute Gasteiger partial charge is 0.359 e. The van der Waals surface area contributed by atoms with Crippen LogP contribution in [0.2, 0.25) is 5.02 Å². The molecule has 3 N–H and O–H groups in total. The van der Waals surface area contributed by atoms with Crippen LogP contribution in [0.4, 0.5) is 0 Å². The molecule has 0 aliphatic heterocycles. The number of aromatic nitrogens is 1. The molecule has 2 aromatic rings. The molecule has 0 atom stereocenters. The first kappa shape index (κ1) is 22.7. The number of rotatable bonds is 10. The van der Waals surface area contributed by atoms with E-state index in [9.17, 15) is 4.79 Å². The zero-order valence-electron chi connectivity index (χ0n) is 17.3. The van der Waals surface area contributed by atoms with Crippen molar-refractivity contribution >= 4 is 23.5 Å². The van der Waals surface area contributed by atoms with Crippen molar-refractivity contribution in [3.8, 4) is 0 Å². The number of carbonyl (C=O) groups is 1. The van der Waals surface area contributed by atoms with Crippen molar-refractivity contribution in [2.75, 3.05) is 19.6 Å². The van der Waals surface area contributed by atoms with E-state index in [1.807, 2.05) is 13.0 Å². The lowest BCUT2D eigenvalue weighted by atomic mass is 9.99. The zero-order valence-corrected chi connectivity index (χ0v) is 18.1. The summed E-state index contributed by atoms with van der Waals surface area (Å²) in [5.74, 6) is 1.68. The Morgan fingerprint density at radius 3 is 2.45 bits per heavy atom. The molecule has 158 valence electrons. The molecule has 0 unspecified atom stereocenters. The fourth-order valence-electron chi connectivity index (χ4n) is 2.86. The normalized spacial score (nSPS) is 11.6. The molecule has 0 aliphatic carbocycles. The summed E-state index contributed by atoms with van der Waals surface area (Å²) in [5.41, 5.74) is 1.57. The van der Waals surface area contributed by atoms with Crippen LogP contribution in [-0.4, -0.2) is 36.7 Å². The van der Waals surface area contributed by atoms with Crippen molar-refractivity contribution in [3.63, 3.8) is 0 Å². The number of nitrogens with one attached hydrogen (secondary N) is 3. The van der Waals surface area contributed by atoms with Gasteiger partial charge in [0.05, 0.1) is 5.69 Å². The Morgan fingerprint density at radius 1 is 1.10 bits per heavy atom. The predicted molar refractivity (Wildman–Crippen MR) is 116 cm³/mol. The Hall–Kier alpha value is -2.54. The highest BCUT2D eigenvalue weighted by atomic mass is 35.5. The summed E-state index contributed by atoms with van der Waals surface area (Å²) in [6.45, 7) is 8.45. The van der Waals surface area contributed by atoms with Crippen molar-refractivity contribution < 1.29 is 9.32 Å². The van der Waals surface area contributed by atoms with Crippen LogP contribution in [0.25, 0.3) is 0 Å². The van der Waals surface area contributed by atoms with E-state index in [1.165, 1.54) is 0 Å². The third-order valence-corrected chi connectivity index (χ3v) is 4.78. The highest BCUT2D eigenvalue weighted by Crippen LogP contribution is 2.22. The van der Waals surface area contributed by atoms with Gasteiger partial charge in [-0.1, -0.05) is 30.6 Å². The third kappa shape index (κ3) is 7.42. The molecule has 0 saturated carbocycles. The van der Waals surface area contributed by atoms with E-state index < -0.39 is 0 Å². The molecule has 0 aliphatic rings. The SMILES string of the molecule is CCNC(=NCc1cc(C(CC)CC)no1)NCCNC(=O)c1ccc(Cl)cc1. The highest BCUT2D eigenvalue weighted by molar-refractivity contribution is 6.30. The summed E-state index contributed by atoms with van der Waals surface area (Å²) >= 11 is 5.84. The van der Waals surface area contributed by atoms with E-state index in [0.29, 0.717) is 42.1 Å². The molecule has 1 amide bonds. The van der Waals surface area contributed by atoms with Crippen LogP contribution < -0.4 is 16.0 Å². The van der Waals surface area contributed by atoms with Gasteiger partial charge in [0.2, 0.25) is 0 Å². The summed E-state index contributed by atoms with van der Waals surface area (Å²) in [6, 6.07) is 8.77. The summed E-state index contributed by atoms with van der Waals surface area (Å²) in [7, 11) is 0. The number of hydrogen-bond donors (Lipinski definition) is 3. The number of carbonyl (C=O) groups excluding carboxylic acids is 1. The molecule has 1 heterocycles. The van der Waals surface area contributed by atoms with Gasteiger partial charge >= 0.3 is 0 Å². The molecule has 8 heteroatoms. The van der Waals surface area contributed by atoms with Gasteiger partial charge in [-0.2, -0.15) is 0 Å². The van der Waals surface area contributed by atoms with Gasteiger partial charge in [-0.15, -0.1) is 0 Å². The number of amides is 1. The Bertz CT molecular complexity index is 785. The molecular formula is C21H30ClN5O2. The van der Waals surface area contributed by atoms with Crippen LogP contribution in [0.15, 0.2) is 39.8 Å². The molecule has 1 aromatic carbocycles. The van der Waals surface area contributed by atoms with Crippen LogP contribution in [0, 0.1) is 0 Å². The molecule has 1 aromatic heterocycles. The standard InChI is InChI=1S/C21H30ClN5O2/c1-4-15(5-2)19-13-18(29-27-19)14-26-21(23-6-3)25-12-11-24-20(28)16-7-9-17(22)10-8-16/h7-10,13,15H,4-6,11-12,14H2,1-3H3,(H,24,28)(H2,23,25,26). The number of guanidine groups is 1. The van der Waals surface area contributed by atoms with Crippen molar-refractivity contribution in [2.45, 2.75) is 46.1 Å².